The number of amides is 1. The van der Waals surface area contributed by atoms with Gasteiger partial charge in [-0.1, -0.05) is 6.07 Å². The molecule has 8 heteroatoms. The molecule has 150 valence electrons. The fraction of sp³-hybridized carbons (Fsp3) is 0.381. The minimum Gasteiger partial charge on any atom is -0.469 e. The smallest absolute Gasteiger partial charge is 0.308 e. The fourth-order valence-corrected chi connectivity index (χ4v) is 3.84. The highest BCUT2D eigenvalue weighted by Crippen LogP contribution is 2.30. The first-order chi connectivity index (χ1) is 14.0. The fourth-order valence-electron chi connectivity index (χ4n) is 3.84. The topological polar surface area (TPSA) is 99.0 Å². The molecule has 0 spiro atoms. The van der Waals surface area contributed by atoms with Crippen molar-refractivity contribution in [3.8, 4) is 11.1 Å². The number of nitrogens with one attached hydrogen (secondary N) is 1. The van der Waals surface area contributed by atoms with Crippen LogP contribution >= 0.6 is 0 Å². The molecular weight excluding hydrogens is 370 g/mol. The summed E-state index contributed by atoms with van der Waals surface area (Å²) in [5.74, 6) is -0.0643. The maximum absolute atomic E-state index is 12.6. The number of methoxy groups -OCH3 is 1. The van der Waals surface area contributed by atoms with Gasteiger partial charge < -0.3 is 10.1 Å². The van der Waals surface area contributed by atoms with E-state index in [4.69, 9.17) is 4.74 Å². The zero-order chi connectivity index (χ0) is 20.4. The summed E-state index contributed by atoms with van der Waals surface area (Å²) in [5.41, 5.74) is 2.80. The number of esters is 1. The first-order valence-electron chi connectivity index (χ1n) is 9.68. The van der Waals surface area contributed by atoms with Crippen molar-refractivity contribution in [3.05, 3.63) is 36.7 Å². The maximum atomic E-state index is 12.6. The lowest BCUT2D eigenvalue weighted by molar-refractivity contribution is -0.147. The second kappa shape index (κ2) is 7.98. The van der Waals surface area contributed by atoms with Gasteiger partial charge in [0.15, 0.2) is 5.82 Å². The van der Waals surface area contributed by atoms with Crippen molar-refractivity contribution >= 4 is 28.6 Å². The van der Waals surface area contributed by atoms with E-state index in [1.807, 2.05) is 43.7 Å². The average molecular weight is 393 g/mol. The van der Waals surface area contributed by atoms with Crippen LogP contribution in [0, 0.1) is 11.8 Å². The molecule has 1 aliphatic rings. The largest absolute Gasteiger partial charge is 0.469 e. The lowest BCUT2D eigenvalue weighted by Crippen LogP contribution is -2.30. The molecule has 0 bridgehead atoms. The zero-order valence-corrected chi connectivity index (χ0v) is 16.5. The van der Waals surface area contributed by atoms with E-state index in [0.29, 0.717) is 31.5 Å². The molecule has 8 nitrogen and oxygen atoms in total. The van der Waals surface area contributed by atoms with Gasteiger partial charge in [-0.25, -0.2) is 0 Å². The highest BCUT2D eigenvalue weighted by atomic mass is 16.5. The summed E-state index contributed by atoms with van der Waals surface area (Å²) in [7, 11) is 3.28. The number of hydrogen-bond acceptors (Lipinski definition) is 6. The molecule has 1 aromatic carbocycles. The molecule has 0 atom stereocenters. The number of rotatable bonds is 4. The molecule has 0 saturated heterocycles. The average Bonchev–Trinajstić information content (AvgIpc) is 3.19. The van der Waals surface area contributed by atoms with Crippen molar-refractivity contribution in [3.63, 3.8) is 0 Å². The number of aryl methyl sites for hydroxylation is 1. The summed E-state index contributed by atoms with van der Waals surface area (Å²) >= 11 is 0. The van der Waals surface area contributed by atoms with Crippen LogP contribution in [0.25, 0.3) is 22.0 Å². The number of aromatic nitrogens is 4. The van der Waals surface area contributed by atoms with E-state index in [1.54, 1.807) is 4.68 Å². The number of carbonyl (C=O) groups excluding carboxylic acids is 2. The van der Waals surface area contributed by atoms with Gasteiger partial charge in [0.25, 0.3) is 0 Å². The Hall–Kier alpha value is -3.29. The van der Waals surface area contributed by atoms with Crippen LogP contribution in [0.2, 0.25) is 0 Å². The number of nitrogens with zero attached hydrogens (tertiary/aromatic N) is 4. The Morgan fingerprint density at radius 2 is 1.83 bits per heavy atom. The summed E-state index contributed by atoms with van der Waals surface area (Å²) in [5, 5.41) is 16.3. The lowest BCUT2D eigenvalue weighted by Gasteiger charge is -2.25. The van der Waals surface area contributed by atoms with Crippen molar-refractivity contribution in [2.75, 3.05) is 12.4 Å². The van der Waals surface area contributed by atoms with Crippen molar-refractivity contribution in [2.24, 2.45) is 18.9 Å². The van der Waals surface area contributed by atoms with Crippen LogP contribution in [0.5, 0.6) is 0 Å². The molecule has 2 aromatic heterocycles. The second-order valence-electron chi connectivity index (χ2n) is 7.47. The third-order valence-electron chi connectivity index (χ3n) is 5.51. The molecule has 2 heterocycles. The van der Waals surface area contributed by atoms with Crippen LogP contribution in [0.3, 0.4) is 0 Å². The van der Waals surface area contributed by atoms with E-state index in [0.717, 1.165) is 22.0 Å². The van der Waals surface area contributed by atoms with Crippen LogP contribution in [0.1, 0.15) is 25.7 Å². The predicted molar refractivity (Wildman–Crippen MR) is 108 cm³/mol. The highest BCUT2D eigenvalue weighted by molar-refractivity contribution is 5.94. The Morgan fingerprint density at radius 3 is 2.52 bits per heavy atom. The van der Waals surface area contributed by atoms with E-state index < -0.39 is 0 Å². The Balaban J connectivity index is 1.46. The number of carbonyl (C=O) groups is 2. The zero-order valence-electron chi connectivity index (χ0n) is 16.5. The molecule has 0 aliphatic heterocycles. The SMILES string of the molecule is COC(=O)C1CCC(C(=O)Nc2cc3cc(-c4cnn(C)c4)ccc3nn2)CC1. The van der Waals surface area contributed by atoms with Gasteiger partial charge in [-0.3, -0.25) is 14.3 Å². The maximum Gasteiger partial charge on any atom is 0.308 e. The molecule has 4 rings (SSSR count). The minimum atomic E-state index is -0.186. The van der Waals surface area contributed by atoms with Crippen LogP contribution in [0.15, 0.2) is 36.7 Å². The normalized spacial score (nSPS) is 19.1. The van der Waals surface area contributed by atoms with Crippen molar-refractivity contribution in [2.45, 2.75) is 25.7 Å². The second-order valence-corrected chi connectivity index (χ2v) is 7.47. The first-order valence-corrected chi connectivity index (χ1v) is 9.68. The third-order valence-corrected chi connectivity index (χ3v) is 5.51. The molecule has 3 aromatic rings. The standard InChI is InChI=1S/C21H23N5O3/c1-26-12-17(11-22-26)15-7-8-18-16(9-15)10-19(25-24-18)23-20(27)13-3-5-14(6-4-13)21(28)29-2/h7-14H,3-6H2,1-2H3,(H,23,25,27). The van der Waals surface area contributed by atoms with Gasteiger partial charge >= 0.3 is 5.97 Å². The highest BCUT2D eigenvalue weighted by Gasteiger charge is 2.30. The predicted octanol–water partition coefficient (Wildman–Crippen LogP) is 2.95. The number of anilines is 1. The molecule has 1 amide bonds. The Morgan fingerprint density at radius 1 is 1.07 bits per heavy atom. The summed E-state index contributed by atoms with van der Waals surface area (Å²) in [6.07, 6.45) is 6.42. The minimum absolute atomic E-state index is 0.0784. The summed E-state index contributed by atoms with van der Waals surface area (Å²) in [6.45, 7) is 0. The summed E-state index contributed by atoms with van der Waals surface area (Å²) in [6, 6.07) is 7.73. The monoisotopic (exact) mass is 393 g/mol. The summed E-state index contributed by atoms with van der Waals surface area (Å²) < 4.78 is 6.56. The van der Waals surface area contributed by atoms with Gasteiger partial charge in [0, 0.05) is 30.1 Å². The van der Waals surface area contributed by atoms with E-state index in [-0.39, 0.29) is 23.7 Å². The Bertz CT molecular complexity index is 1050. The molecule has 1 N–H and O–H groups in total. The molecular formula is C21H23N5O3. The van der Waals surface area contributed by atoms with E-state index in [1.165, 1.54) is 7.11 Å². The number of fused-ring (bicyclic) bond motifs is 1. The van der Waals surface area contributed by atoms with E-state index in [9.17, 15) is 9.59 Å². The quantitative estimate of drug-likeness (QED) is 0.684. The summed E-state index contributed by atoms with van der Waals surface area (Å²) in [4.78, 5) is 24.3. The number of ether oxygens (including phenoxy) is 1. The van der Waals surface area contributed by atoms with E-state index in [2.05, 4.69) is 20.6 Å². The van der Waals surface area contributed by atoms with Gasteiger partial charge in [-0.15, -0.1) is 10.2 Å². The molecule has 29 heavy (non-hydrogen) atoms. The molecule has 0 unspecified atom stereocenters. The van der Waals surface area contributed by atoms with Crippen LogP contribution in [-0.2, 0) is 21.4 Å². The van der Waals surface area contributed by atoms with Gasteiger partial charge in [0.05, 0.1) is 24.7 Å². The molecule has 0 radical (unpaired) electrons. The van der Waals surface area contributed by atoms with Crippen LogP contribution in [0.4, 0.5) is 5.82 Å². The van der Waals surface area contributed by atoms with Crippen molar-refractivity contribution < 1.29 is 14.3 Å². The van der Waals surface area contributed by atoms with E-state index >= 15 is 0 Å². The third kappa shape index (κ3) is 4.11. The Labute approximate surface area is 168 Å². The molecule has 1 fully saturated rings. The van der Waals surface area contributed by atoms with Gasteiger partial charge in [-0.05, 0) is 49.4 Å². The van der Waals surface area contributed by atoms with Crippen LogP contribution in [-0.4, -0.2) is 39.0 Å². The lowest BCUT2D eigenvalue weighted by atomic mass is 9.81. The van der Waals surface area contributed by atoms with Gasteiger partial charge in [-0.2, -0.15) is 5.10 Å². The van der Waals surface area contributed by atoms with Gasteiger partial charge in [0.2, 0.25) is 5.91 Å². The number of hydrogen-bond donors (Lipinski definition) is 1. The van der Waals surface area contributed by atoms with Crippen molar-refractivity contribution in [1.82, 2.24) is 20.0 Å². The van der Waals surface area contributed by atoms with Crippen molar-refractivity contribution in [1.29, 1.82) is 0 Å². The molecule has 1 saturated carbocycles. The number of benzene rings is 1. The Kier molecular flexibility index (Phi) is 5.24. The first kappa shape index (κ1) is 19.0. The molecule has 1 aliphatic carbocycles. The van der Waals surface area contributed by atoms with Gasteiger partial charge in [0.1, 0.15) is 0 Å². The van der Waals surface area contributed by atoms with Crippen LogP contribution < -0.4 is 5.32 Å².